The van der Waals surface area contributed by atoms with Gasteiger partial charge in [-0.05, 0) is 18.4 Å². The van der Waals surface area contributed by atoms with Crippen molar-refractivity contribution in [3.63, 3.8) is 0 Å². The summed E-state index contributed by atoms with van der Waals surface area (Å²) in [6, 6.07) is 7.47. The summed E-state index contributed by atoms with van der Waals surface area (Å²) in [5.41, 5.74) is 1.72. The highest BCUT2D eigenvalue weighted by atomic mass is 32.1. The van der Waals surface area contributed by atoms with Gasteiger partial charge >= 0.3 is 6.03 Å². The molecule has 2 aromatic heterocycles. The van der Waals surface area contributed by atoms with Gasteiger partial charge in [0, 0.05) is 55.4 Å². The SMILES string of the molecule is CC(C)CCNC(=O)NC(NC(=O)c1ncc(N2CCNCC2)s1)c1c[nH]c2ccccc12. The van der Waals surface area contributed by atoms with Gasteiger partial charge < -0.3 is 31.2 Å². The number of aromatic amines is 1. The standard InChI is InChI=1S/C23H31N7O2S/c1-15(2)7-8-25-23(32)29-20(17-13-26-18-6-4-3-5-16(17)18)28-21(31)22-27-14-19(33-22)30-11-9-24-10-12-30/h3-6,13-15,20,24,26H,7-12H2,1-2H3,(H,28,31)(H2,25,29,32). The molecule has 1 fully saturated rings. The number of hydrogen-bond donors (Lipinski definition) is 5. The first-order valence-corrected chi connectivity index (χ1v) is 12.2. The Morgan fingerprint density at radius 3 is 2.76 bits per heavy atom. The van der Waals surface area contributed by atoms with Crippen LogP contribution >= 0.6 is 11.3 Å². The third-order valence-corrected chi connectivity index (χ3v) is 6.66. The van der Waals surface area contributed by atoms with Crippen LogP contribution in [0.25, 0.3) is 10.9 Å². The summed E-state index contributed by atoms with van der Waals surface area (Å²) in [4.78, 5) is 35.5. The Balaban J connectivity index is 1.50. The van der Waals surface area contributed by atoms with Crippen LogP contribution in [0, 0.1) is 5.92 Å². The largest absolute Gasteiger partial charge is 0.361 e. The molecule has 9 nitrogen and oxygen atoms in total. The van der Waals surface area contributed by atoms with Crippen molar-refractivity contribution in [2.75, 3.05) is 37.6 Å². The van der Waals surface area contributed by atoms with Gasteiger partial charge in [-0.25, -0.2) is 9.78 Å². The average molecular weight is 470 g/mol. The van der Waals surface area contributed by atoms with Crippen molar-refractivity contribution in [1.29, 1.82) is 0 Å². The molecule has 1 aliphatic rings. The highest BCUT2D eigenvalue weighted by Crippen LogP contribution is 2.26. The number of nitrogens with one attached hydrogen (secondary N) is 5. The Morgan fingerprint density at radius 2 is 1.97 bits per heavy atom. The van der Waals surface area contributed by atoms with Gasteiger partial charge in [-0.3, -0.25) is 4.79 Å². The number of nitrogens with zero attached hydrogens (tertiary/aromatic N) is 2. The molecular formula is C23H31N7O2S. The van der Waals surface area contributed by atoms with Gasteiger partial charge in [-0.15, -0.1) is 0 Å². The molecule has 5 N–H and O–H groups in total. The summed E-state index contributed by atoms with van der Waals surface area (Å²) in [5, 5.41) is 14.4. The number of carbonyl (C=O) groups excluding carboxylic acids is 2. The van der Waals surface area contributed by atoms with Gasteiger partial charge in [0.2, 0.25) is 0 Å². The monoisotopic (exact) mass is 469 g/mol. The minimum absolute atomic E-state index is 0.320. The van der Waals surface area contributed by atoms with Crippen LogP contribution < -0.4 is 26.2 Å². The zero-order valence-electron chi connectivity index (χ0n) is 19.0. The molecule has 0 saturated carbocycles. The molecule has 3 aromatic rings. The molecule has 0 bridgehead atoms. The van der Waals surface area contributed by atoms with Crippen molar-refractivity contribution < 1.29 is 9.59 Å². The third kappa shape index (κ3) is 5.82. The van der Waals surface area contributed by atoms with Crippen LogP contribution in [0.5, 0.6) is 0 Å². The molecular weight excluding hydrogens is 438 g/mol. The lowest BCUT2D eigenvalue weighted by atomic mass is 10.1. The summed E-state index contributed by atoms with van der Waals surface area (Å²) >= 11 is 1.37. The van der Waals surface area contributed by atoms with Crippen LogP contribution in [0.3, 0.4) is 0 Å². The van der Waals surface area contributed by atoms with E-state index in [-0.39, 0.29) is 11.9 Å². The van der Waals surface area contributed by atoms with E-state index < -0.39 is 6.17 Å². The topological polar surface area (TPSA) is 114 Å². The number of hydrogen-bond acceptors (Lipinski definition) is 6. The van der Waals surface area contributed by atoms with Crippen molar-refractivity contribution >= 4 is 39.2 Å². The number of benzene rings is 1. The Hall–Kier alpha value is -3.11. The van der Waals surface area contributed by atoms with Crippen molar-refractivity contribution in [3.05, 3.63) is 47.2 Å². The van der Waals surface area contributed by atoms with E-state index in [0.717, 1.165) is 54.1 Å². The highest BCUT2D eigenvalue weighted by Gasteiger charge is 2.23. The third-order valence-electron chi connectivity index (χ3n) is 5.61. The Labute approximate surface area is 197 Å². The molecule has 3 heterocycles. The maximum Gasteiger partial charge on any atom is 0.316 e. The maximum atomic E-state index is 13.1. The van der Waals surface area contributed by atoms with E-state index in [1.807, 2.05) is 30.5 Å². The number of rotatable bonds is 8. The number of para-hydroxylation sites is 1. The molecule has 1 atom stereocenters. The van der Waals surface area contributed by atoms with E-state index >= 15 is 0 Å². The number of H-pyrrole nitrogens is 1. The van der Waals surface area contributed by atoms with E-state index in [4.69, 9.17) is 0 Å². The zero-order chi connectivity index (χ0) is 23.2. The van der Waals surface area contributed by atoms with Gasteiger partial charge in [0.15, 0.2) is 5.01 Å². The number of piperazine rings is 1. The van der Waals surface area contributed by atoms with E-state index in [2.05, 4.69) is 50.0 Å². The molecule has 10 heteroatoms. The molecule has 0 aliphatic carbocycles. The van der Waals surface area contributed by atoms with E-state index in [9.17, 15) is 9.59 Å². The van der Waals surface area contributed by atoms with Gasteiger partial charge in [0.1, 0.15) is 11.2 Å². The van der Waals surface area contributed by atoms with Crippen molar-refractivity contribution in [3.8, 4) is 0 Å². The Morgan fingerprint density at radius 1 is 1.18 bits per heavy atom. The normalized spacial score (nSPS) is 14.9. The van der Waals surface area contributed by atoms with Crippen LogP contribution in [0.4, 0.5) is 9.80 Å². The van der Waals surface area contributed by atoms with Crippen LogP contribution in [-0.4, -0.2) is 54.6 Å². The van der Waals surface area contributed by atoms with Gasteiger partial charge in [0.25, 0.3) is 5.91 Å². The number of thiazole rings is 1. The summed E-state index contributed by atoms with van der Waals surface area (Å²) in [6.07, 6.45) is 3.74. The van der Waals surface area contributed by atoms with Crippen molar-refractivity contribution in [2.24, 2.45) is 5.92 Å². The van der Waals surface area contributed by atoms with Crippen LogP contribution in [0.1, 0.15) is 41.8 Å². The lowest BCUT2D eigenvalue weighted by Gasteiger charge is -2.27. The second kappa shape index (κ2) is 10.7. The molecule has 1 aliphatic heterocycles. The molecule has 0 radical (unpaired) electrons. The predicted molar refractivity (Wildman–Crippen MR) is 132 cm³/mol. The fraction of sp³-hybridized carbons (Fsp3) is 0.435. The smallest absolute Gasteiger partial charge is 0.316 e. The average Bonchev–Trinajstić information content (AvgIpc) is 3.47. The van der Waals surface area contributed by atoms with Gasteiger partial charge in [0.05, 0.1) is 6.20 Å². The van der Waals surface area contributed by atoms with E-state index in [0.29, 0.717) is 17.5 Å². The second-order valence-corrected chi connectivity index (χ2v) is 9.53. The molecule has 33 heavy (non-hydrogen) atoms. The predicted octanol–water partition coefficient (Wildman–Crippen LogP) is 2.81. The minimum atomic E-state index is -0.709. The Bertz CT molecular complexity index is 1090. The van der Waals surface area contributed by atoms with E-state index in [1.54, 1.807) is 6.20 Å². The number of fused-ring (bicyclic) bond motifs is 1. The van der Waals surface area contributed by atoms with E-state index in [1.165, 1.54) is 11.3 Å². The van der Waals surface area contributed by atoms with Crippen molar-refractivity contribution in [1.82, 2.24) is 31.2 Å². The molecule has 1 unspecified atom stereocenters. The fourth-order valence-electron chi connectivity index (χ4n) is 3.78. The number of carbonyl (C=O) groups is 2. The Kier molecular flexibility index (Phi) is 7.46. The first-order valence-electron chi connectivity index (χ1n) is 11.3. The summed E-state index contributed by atoms with van der Waals surface area (Å²) in [5.74, 6) is 0.170. The summed E-state index contributed by atoms with van der Waals surface area (Å²) in [7, 11) is 0. The number of amides is 3. The fourth-order valence-corrected chi connectivity index (χ4v) is 4.65. The van der Waals surface area contributed by atoms with Crippen molar-refractivity contribution in [2.45, 2.75) is 26.4 Å². The first-order chi connectivity index (χ1) is 16.0. The first kappa shape index (κ1) is 23.1. The van der Waals surface area contributed by atoms with Gasteiger partial charge in [-0.1, -0.05) is 43.4 Å². The molecule has 4 rings (SSSR count). The molecule has 176 valence electrons. The maximum absolute atomic E-state index is 13.1. The molecule has 0 spiro atoms. The van der Waals surface area contributed by atoms with Gasteiger partial charge in [-0.2, -0.15) is 0 Å². The zero-order valence-corrected chi connectivity index (χ0v) is 19.8. The summed E-state index contributed by atoms with van der Waals surface area (Å²) in [6.45, 7) is 8.39. The highest BCUT2D eigenvalue weighted by molar-refractivity contribution is 7.17. The molecule has 3 amide bonds. The number of urea groups is 1. The van der Waals surface area contributed by atoms with Crippen LogP contribution in [0.15, 0.2) is 36.7 Å². The lowest BCUT2D eigenvalue weighted by Crippen LogP contribution is -2.45. The summed E-state index contributed by atoms with van der Waals surface area (Å²) < 4.78 is 0. The lowest BCUT2D eigenvalue weighted by molar-refractivity contribution is 0.0931. The second-order valence-electron chi connectivity index (χ2n) is 8.52. The minimum Gasteiger partial charge on any atom is -0.361 e. The molecule has 1 saturated heterocycles. The van der Waals surface area contributed by atoms with Crippen LogP contribution in [0.2, 0.25) is 0 Å². The molecule has 1 aromatic carbocycles. The number of anilines is 1. The quantitative estimate of drug-likeness (QED) is 0.326. The van der Waals surface area contributed by atoms with Crippen LogP contribution in [-0.2, 0) is 0 Å². The number of aromatic nitrogens is 2.